The maximum atomic E-state index is 12.7. The van der Waals surface area contributed by atoms with Gasteiger partial charge in [0.2, 0.25) is 5.91 Å². The Kier molecular flexibility index (Phi) is 5.91. The van der Waals surface area contributed by atoms with E-state index in [9.17, 15) is 4.79 Å². The van der Waals surface area contributed by atoms with Crippen LogP contribution < -0.4 is 9.64 Å². The number of piperazine rings is 1. The molecule has 0 bridgehead atoms. The Morgan fingerprint density at radius 1 is 1.19 bits per heavy atom. The summed E-state index contributed by atoms with van der Waals surface area (Å²) in [5, 5.41) is 8.80. The third kappa shape index (κ3) is 4.42. The predicted octanol–water partition coefficient (Wildman–Crippen LogP) is 2.60. The fourth-order valence-electron chi connectivity index (χ4n) is 3.24. The van der Waals surface area contributed by atoms with E-state index < -0.39 is 0 Å². The van der Waals surface area contributed by atoms with Crippen LogP contribution in [0.15, 0.2) is 48.5 Å². The molecule has 5 heteroatoms. The molecule has 0 spiro atoms. The van der Waals surface area contributed by atoms with E-state index in [1.54, 1.807) is 0 Å². The molecule has 1 fully saturated rings. The van der Waals surface area contributed by atoms with Crippen LogP contribution in [0.5, 0.6) is 5.75 Å². The number of rotatable bonds is 6. The lowest BCUT2D eigenvalue weighted by atomic mass is 10.1. The number of amides is 1. The topological polar surface area (TPSA) is 53.0 Å². The number of ether oxygens (including phenoxy) is 1. The molecule has 1 aliphatic rings. The first-order valence-corrected chi connectivity index (χ1v) is 9.00. The van der Waals surface area contributed by atoms with Crippen LogP contribution in [0.4, 0.5) is 5.69 Å². The summed E-state index contributed by atoms with van der Waals surface area (Å²) in [7, 11) is 0. The summed E-state index contributed by atoms with van der Waals surface area (Å²) in [5.74, 6) is 0.882. The fraction of sp³-hybridized carbons (Fsp3) is 0.381. The van der Waals surface area contributed by atoms with E-state index in [-0.39, 0.29) is 18.6 Å². The number of anilines is 1. The second-order valence-corrected chi connectivity index (χ2v) is 6.81. The molecular formula is C21H26N2O3. The lowest BCUT2D eigenvalue weighted by Crippen LogP contribution is -2.54. The van der Waals surface area contributed by atoms with E-state index in [1.165, 1.54) is 0 Å². The highest BCUT2D eigenvalue weighted by atomic mass is 16.5. The molecular weight excluding hydrogens is 328 g/mol. The molecule has 1 atom stereocenters. The van der Waals surface area contributed by atoms with E-state index in [2.05, 4.69) is 17.9 Å². The van der Waals surface area contributed by atoms with Gasteiger partial charge in [-0.25, -0.2) is 0 Å². The van der Waals surface area contributed by atoms with Crippen LogP contribution in [0, 0.1) is 6.92 Å². The number of aryl methyl sites for hydroxylation is 1. The second-order valence-electron chi connectivity index (χ2n) is 6.81. The minimum atomic E-state index is 0.00654. The Balaban J connectivity index is 1.63. The van der Waals surface area contributed by atoms with Gasteiger partial charge in [0, 0.05) is 24.8 Å². The quantitative estimate of drug-likeness (QED) is 0.866. The summed E-state index contributed by atoms with van der Waals surface area (Å²) in [6.07, 6.45) is 0. The van der Waals surface area contributed by atoms with Crippen molar-refractivity contribution in [2.45, 2.75) is 26.4 Å². The van der Waals surface area contributed by atoms with Crippen molar-refractivity contribution in [1.82, 2.24) is 4.90 Å². The molecule has 138 valence electrons. The highest BCUT2D eigenvalue weighted by Crippen LogP contribution is 2.23. The normalized spacial score (nSPS) is 18.2. The first-order valence-electron chi connectivity index (χ1n) is 9.00. The van der Waals surface area contributed by atoms with Gasteiger partial charge in [0.1, 0.15) is 12.4 Å². The van der Waals surface area contributed by atoms with Crippen molar-refractivity contribution in [3.8, 4) is 5.75 Å². The molecule has 0 aromatic heterocycles. The summed E-state index contributed by atoms with van der Waals surface area (Å²) in [4.78, 5) is 16.8. The fourth-order valence-corrected chi connectivity index (χ4v) is 3.24. The van der Waals surface area contributed by atoms with Crippen molar-refractivity contribution >= 4 is 11.6 Å². The van der Waals surface area contributed by atoms with Crippen LogP contribution in [0.2, 0.25) is 0 Å². The third-order valence-electron chi connectivity index (χ3n) is 4.69. The first-order chi connectivity index (χ1) is 12.6. The van der Waals surface area contributed by atoms with E-state index >= 15 is 0 Å². The number of hydrogen-bond acceptors (Lipinski definition) is 4. The Morgan fingerprint density at radius 2 is 1.96 bits per heavy atom. The second kappa shape index (κ2) is 8.34. The number of hydrogen-bond donors (Lipinski definition) is 1. The SMILES string of the molecule is Cc1cccc(N2C[C@@H](C)N(Cc3ccc(OCCO)cc3)CC2=O)c1. The molecule has 0 unspecified atom stereocenters. The molecule has 0 aliphatic carbocycles. The van der Waals surface area contributed by atoms with Gasteiger partial charge in [0.15, 0.2) is 0 Å². The molecule has 1 aliphatic heterocycles. The zero-order valence-electron chi connectivity index (χ0n) is 15.4. The molecule has 0 saturated carbocycles. The molecule has 3 rings (SSSR count). The lowest BCUT2D eigenvalue weighted by Gasteiger charge is -2.39. The molecule has 26 heavy (non-hydrogen) atoms. The van der Waals surface area contributed by atoms with Crippen LogP contribution >= 0.6 is 0 Å². The highest BCUT2D eigenvalue weighted by Gasteiger charge is 2.30. The van der Waals surface area contributed by atoms with Crippen LogP contribution in [0.25, 0.3) is 0 Å². The molecule has 2 aromatic rings. The van der Waals surface area contributed by atoms with Crippen molar-refractivity contribution in [1.29, 1.82) is 0 Å². The Hall–Kier alpha value is -2.37. The van der Waals surface area contributed by atoms with Gasteiger partial charge in [-0.1, -0.05) is 24.3 Å². The summed E-state index contributed by atoms with van der Waals surface area (Å²) in [6.45, 7) is 6.35. The smallest absolute Gasteiger partial charge is 0.241 e. The summed E-state index contributed by atoms with van der Waals surface area (Å²) >= 11 is 0. The largest absolute Gasteiger partial charge is 0.491 e. The summed E-state index contributed by atoms with van der Waals surface area (Å²) in [5.41, 5.74) is 3.28. The van der Waals surface area contributed by atoms with Crippen LogP contribution in [0.3, 0.4) is 0 Å². The average molecular weight is 354 g/mol. The van der Waals surface area contributed by atoms with Crippen molar-refractivity contribution in [2.75, 3.05) is 31.2 Å². The van der Waals surface area contributed by atoms with E-state index in [1.807, 2.05) is 54.3 Å². The standard InChI is InChI=1S/C21H26N2O3/c1-16-4-3-5-19(12-16)23-13-17(2)22(15-21(23)25)14-18-6-8-20(9-7-18)26-11-10-24/h3-9,12,17,24H,10-11,13-15H2,1-2H3/t17-/m1/s1. The maximum absolute atomic E-state index is 12.7. The van der Waals surface area contributed by atoms with E-state index in [4.69, 9.17) is 9.84 Å². The number of benzene rings is 2. The van der Waals surface area contributed by atoms with Crippen molar-refractivity contribution < 1.29 is 14.6 Å². The van der Waals surface area contributed by atoms with Gasteiger partial charge in [-0.2, -0.15) is 0 Å². The third-order valence-corrected chi connectivity index (χ3v) is 4.69. The van der Waals surface area contributed by atoms with E-state index in [0.717, 1.165) is 29.1 Å². The number of aliphatic hydroxyl groups excluding tert-OH is 1. The van der Waals surface area contributed by atoms with Crippen molar-refractivity contribution in [3.63, 3.8) is 0 Å². The monoisotopic (exact) mass is 354 g/mol. The zero-order valence-corrected chi connectivity index (χ0v) is 15.4. The predicted molar refractivity (Wildman–Crippen MR) is 102 cm³/mol. The minimum absolute atomic E-state index is 0.00654. The van der Waals surface area contributed by atoms with Gasteiger partial charge in [-0.05, 0) is 49.2 Å². The average Bonchev–Trinajstić information content (AvgIpc) is 2.64. The van der Waals surface area contributed by atoms with Gasteiger partial charge in [-0.3, -0.25) is 9.69 Å². The Labute approximate surface area is 154 Å². The first kappa shape index (κ1) is 18.4. The van der Waals surface area contributed by atoms with Gasteiger partial charge in [0.25, 0.3) is 0 Å². The van der Waals surface area contributed by atoms with Gasteiger partial charge in [0.05, 0.1) is 13.2 Å². The molecule has 0 radical (unpaired) electrons. The van der Waals surface area contributed by atoms with Crippen molar-refractivity contribution in [2.24, 2.45) is 0 Å². The van der Waals surface area contributed by atoms with Crippen molar-refractivity contribution in [3.05, 3.63) is 59.7 Å². The number of carbonyl (C=O) groups is 1. The summed E-state index contributed by atoms with van der Waals surface area (Å²) < 4.78 is 5.39. The highest BCUT2D eigenvalue weighted by molar-refractivity contribution is 5.95. The molecule has 1 saturated heterocycles. The molecule has 1 amide bonds. The number of aliphatic hydroxyl groups is 1. The van der Waals surface area contributed by atoms with Crippen LogP contribution in [-0.4, -0.2) is 48.3 Å². The number of carbonyl (C=O) groups excluding carboxylic acids is 1. The van der Waals surface area contributed by atoms with Gasteiger partial charge >= 0.3 is 0 Å². The molecule has 1 N–H and O–H groups in total. The Morgan fingerprint density at radius 3 is 2.65 bits per heavy atom. The van der Waals surface area contributed by atoms with Crippen LogP contribution in [0.1, 0.15) is 18.1 Å². The molecule has 5 nitrogen and oxygen atoms in total. The van der Waals surface area contributed by atoms with E-state index in [0.29, 0.717) is 19.7 Å². The van der Waals surface area contributed by atoms with Crippen LogP contribution in [-0.2, 0) is 11.3 Å². The number of nitrogens with zero attached hydrogens (tertiary/aromatic N) is 2. The lowest BCUT2D eigenvalue weighted by molar-refractivity contribution is -0.122. The maximum Gasteiger partial charge on any atom is 0.241 e. The zero-order chi connectivity index (χ0) is 18.5. The Bertz CT molecular complexity index is 745. The molecule has 1 heterocycles. The summed E-state index contributed by atoms with van der Waals surface area (Å²) in [6, 6.07) is 16.2. The van der Waals surface area contributed by atoms with Gasteiger partial charge in [-0.15, -0.1) is 0 Å². The van der Waals surface area contributed by atoms with Gasteiger partial charge < -0.3 is 14.7 Å². The minimum Gasteiger partial charge on any atom is -0.491 e. The molecule has 2 aromatic carbocycles.